The van der Waals surface area contributed by atoms with Crippen LogP contribution in [0.25, 0.3) is 0 Å². The van der Waals surface area contributed by atoms with Crippen molar-refractivity contribution in [2.24, 2.45) is 0 Å². The normalized spacial score (nSPS) is 12.1. The molecule has 0 aliphatic carbocycles. The standard InChI is InChI=1S/C60H112O6/c1-4-7-10-13-16-19-21-23-25-27-28-29-30-31-32-33-35-36-38-41-44-47-50-53-59(62)65-56-57(55-64-58(61)52-49-46-43-40-18-15-12-9-6-3)66-60(63)54-51-48-45-42-39-37-34-26-24-22-20-17-14-11-8-5-2/h21,23,27-28,57H,4-20,22,24-26,29-56H2,1-3H3/b23-21-,28-27-. The maximum atomic E-state index is 12.8. The van der Waals surface area contributed by atoms with Crippen LogP contribution in [0.4, 0.5) is 0 Å². The van der Waals surface area contributed by atoms with E-state index >= 15 is 0 Å². The Hall–Kier alpha value is -2.11. The number of hydrogen-bond acceptors (Lipinski definition) is 6. The van der Waals surface area contributed by atoms with Gasteiger partial charge in [0.25, 0.3) is 0 Å². The molecule has 1 unspecified atom stereocenters. The highest BCUT2D eigenvalue weighted by atomic mass is 16.6. The van der Waals surface area contributed by atoms with Gasteiger partial charge < -0.3 is 14.2 Å². The number of carbonyl (C=O) groups is 3. The molecule has 0 aliphatic rings. The van der Waals surface area contributed by atoms with E-state index in [9.17, 15) is 14.4 Å². The van der Waals surface area contributed by atoms with Crippen molar-refractivity contribution in [3.63, 3.8) is 0 Å². The summed E-state index contributed by atoms with van der Waals surface area (Å²) in [5.74, 6) is -0.851. The fourth-order valence-corrected chi connectivity index (χ4v) is 8.77. The highest BCUT2D eigenvalue weighted by molar-refractivity contribution is 5.71. The van der Waals surface area contributed by atoms with Gasteiger partial charge in [-0.3, -0.25) is 14.4 Å². The van der Waals surface area contributed by atoms with Gasteiger partial charge >= 0.3 is 17.9 Å². The minimum Gasteiger partial charge on any atom is -0.462 e. The molecule has 66 heavy (non-hydrogen) atoms. The average molecular weight is 930 g/mol. The number of rotatable bonds is 54. The first-order valence-electron chi connectivity index (χ1n) is 29.3. The third-order valence-corrected chi connectivity index (χ3v) is 13.2. The first-order valence-corrected chi connectivity index (χ1v) is 29.3. The summed E-state index contributed by atoms with van der Waals surface area (Å²) in [7, 11) is 0. The lowest BCUT2D eigenvalue weighted by Gasteiger charge is -2.18. The molecule has 0 spiro atoms. The largest absolute Gasteiger partial charge is 0.462 e. The Morgan fingerprint density at radius 2 is 0.545 bits per heavy atom. The maximum Gasteiger partial charge on any atom is 0.306 e. The molecular formula is C60H112O6. The number of unbranched alkanes of at least 4 members (excludes halogenated alkanes) is 39. The van der Waals surface area contributed by atoms with E-state index in [1.807, 2.05) is 0 Å². The lowest BCUT2D eigenvalue weighted by atomic mass is 10.0. The highest BCUT2D eigenvalue weighted by Gasteiger charge is 2.19. The zero-order chi connectivity index (χ0) is 47.9. The van der Waals surface area contributed by atoms with E-state index < -0.39 is 6.10 Å². The fraction of sp³-hybridized carbons (Fsp3) is 0.883. The third kappa shape index (κ3) is 52.9. The van der Waals surface area contributed by atoms with Gasteiger partial charge in [-0.2, -0.15) is 0 Å². The SMILES string of the molecule is CCCCCCC/C=C\C/C=C\CCCCCCCCCCCCCC(=O)OCC(COC(=O)CCCCCCCCCCC)OC(=O)CCCCCCCCCCCCCCCCCC. The molecular weight excluding hydrogens is 817 g/mol. The lowest BCUT2D eigenvalue weighted by Crippen LogP contribution is -2.30. The second kappa shape index (κ2) is 55.5. The monoisotopic (exact) mass is 929 g/mol. The van der Waals surface area contributed by atoms with Gasteiger partial charge in [-0.25, -0.2) is 0 Å². The zero-order valence-corrected chi connectivity index (χ0v) is 44.5. The van der Waals surface area contributed by atoms with E-state index in [0.29, 0.717) is 19.3 Å². The number of hydrogen-bond donors (Lipinski definition) is 0. The summed E-state index contributed by atoms with van der Waals surface area (Å²) >= 11 is 0. The molecule has 0 rings (SSSR count). The van der Waals surface area contributed by atoms with E-state index in [2.05, 4.69) is 45.1 Å². The van der Waals surface area contributed by atoms with Gasteiger partial charge in [0.15, 0.2) is 6.10 Å². The molecule has 0 aromatic heterocycles. The van der Waals surface area contributed by atoms with Crippen LogP contribution in [0.3, 0.4) is 0 Å². The van der Waals surface area contributed by atoms with Gasteiger partial charge in [-0.1, -0.05) is 276 Å². The average Bonchev–Trinajstić information content (AvgIpc) is 3.31. The molecule has 388 valence electrons. The van der Waals surface area contributed by atoms with E-state index in [1.165, 1.54) is 218 Å². The van der Waals surface area contributed by atoms with E-state index in [0.717, 1.165) is 64.2 Å². The maximum absolute atomic E-state index is 12.8. The van der Waals surface area contributed by atoms with Crippen LogP contribution in [0.1, 0.15) is 323 Å². The van der Waals surface area contributed by atoms with Crippen LogP contribution in [0.15, 0.2) is 24.3 Å². The lowest BCUT2D eigenvalue weighted by molar-refractivity contribution is -0.167. The molecule has 0 saturated carbocycles. The number of carbonyl (C=O) groups excluding carboxylic acids is 3. The van der Waals surface area contributed by atoms with Gasteiger partial charge in [-0.15, -0.1) is 0 Å². The van der Waals surface area contributed by atoms with Crippen LogP contribution in [0.5, 0.6) is 0 Å². The van der Waals surface area contributed by atoms with Gasteiger partial charge in [-0.05, 0) is 51.4 Å². The minimum atomic E-state index is -0.765. The van der Waals surface area contributed by atoms with Crippen molar-refractivity contribution in [3.8, 4) is 0 Å². The first kappa shape index (κ1) is 63.9. The highest BCUT2D eigenvalue weighted by Crippen LogP contribution is 2.17. The van der Waals surface area contributed by atoms with Gasteiger partial charge in [0.2, 0.25) is 0 Å². The molecule has 0 N–H and O–H groups in total. The van der Waals surface area contributed by atoms with E-state index in [4.69, 9.17) is 14.2 Å². The fourth-order valence-electron chi connectivity index (χ4n) is 8.77. The minimum absolute atomic E-state index is 0.0664. The summed E-state index contributed by atoms with van der Waals surface area (Å²) in [5.41, 5.74) is 0. The van der Waals surface area contributed by atoms with Crippen molar-refractivity contribution in [2.75, 3.05) is 13.2 Å². The summed E-state index contributed by atoms with van der Waals surface area (Å²) in [6.45, 7) is 6.66. The van der Waals surface area contributed by atoms with Crippen molar-refractivity contribution in [1.29, 1.82) is 0 Å². The molecule has 0 heterocycles. The van der Waals surface area contributed by atoms with Crippen LogP contribution in [-0.2, 0) is 28.6 Å². The molecule has 0 fully saturated rings. The van der Waals surface area contributed by atoms with Crippen LogP contribution in [-0.4, -0.2) is 37.2 Å². The summed E-state index contributed by atoms with van der Waals surface area (Å²) in [6.07, 6.45) is 64.6. The second-order valence-electron chi connectivity index (χ2n) is 19.9. The first-order chi connectivity index (χ1) is 32.5. The van der Waals surface area contributed by atoms with Crippen molar-refractivity contribution in [1.82, 2.24) is 0 Å². The molecule has 6 nitrogen and oxygen atoms in total. The molecule has 0 saturated heterocycles. The van der Waals surface area contributed by atoms with Gasteiger partial charge in [0.1, 0.15) is 13.2 Å². The Morgan fingerprint density at radius 1 is 0.303 bits per heavy atom. The van der Waals surface area contributed by atoms with E-state index in [-0.39, 0.29) is 31.1 Å². The number of allylic oxidation sites excluding steroid dienone is 4. The molecule has 0 aliphatic heterocycles. The number of esters is 3. The summed E-state index contributed by atoms with van der Waals surface area (Å²) < 4.78 is 16.8. The molecule has 0 aromatic carbocycles. The Labute approximate surface area is 411 Å². The molecule has 0 bridgehead atoms. The smallest absolute Gasteiger partial charge is 0.306 e. The Bertz CT molecular complexity index is 1070. The van der Waals surface area contributed by atoms with Crippen LogP contribution in [0.2, 0.25) is 0 Å². The van der Waals surface area contributed by atoms with Crippen LogP contribution in [0, 0.1) is 0 Å². The second-order valence-corrected chi connectivity index (χ2v) is 19.9. The molecule has 1 atom stereocenters. The zero-order valence-electron chi connectivity index (χ0n) is 44.5. The predicted molar refractivity (Wildman–Crippen MR) is 284 cm³/mol. The quantitative estimate of drug-likeness (QED) is 0.0262. The van der Waals surface area contributed by atoms with Crippen molar-refractivity contribution >= 4 is 17.9 Å². The Kier molecular flexibility index (Phi) is 53.7. The molecule has 0 aromatic rings. The summed E-state index contributed by atoms with van der Waals surface area (Å²) in [4.78, 5) is 38.0. The van der Waals surface area contributed by atoms with Crippen molar-refractivity contribution < 1.29 is 28.6 Å². The van der Waals surface area contributed by atoms with Crippen molar-refractivity contribution in [2.45, 2.75) is 329 Å². The summed E-state index contributed by atoms with van der Waals surface area (Å²) in [5, 5.41) is 0. The Balaban J connectivity index is 4.19. The predicted octanol–water partition coefficient (Wildman–Crippen LogP) is 19.5. The summed E-state index contributed by atoms with van der Waals surface area (Å²) in [6, 6.07) is 0. The van der Waals surface area contributed by atoms with Crippen LogP contribution < -0.4 is 0 Å². The topological polar surface area (TPSA) is 78.9 Å². The Morgan fingerprint density at radius 3 is 0.833 bits per heavy atom. The third-order valence-electron chi connectivity index (χ3n) is 13.2. The van der Waals surface area contributed by atoms with E-state index in [1.54, 1.807) is 0 Å². The molecule has 6 heteroatoms. The molecule has 0 radical (unpaired) electrons. The van der Waals surface area contributed by atoms with Crippen molar-refractivity contribution in [3.05, 3.63) is 24.3 Å². The van der Waals surface area contributed by atoms with Crippen LogP contribution >= 0.6 is 0 Å². The molecule has 0 amide bonds. The van der Waals surface area contributed by atoms with Gasteiger partial charge in [0, 0.05) is 19.3 Å². The van der Waals surface area contributed by atoms with Gasteiger partial charge in [0.05, 0.1) is 0 Å². The number of ether oxygens (including phenoxy) is 3.